The lowest BCUT2D eigenvalue weighted by Gasteiger charge is -2.28. The molecule has 3 aromatic rings. The van der Waals surface area contributed by atoms with Crippen LogP contribution in [-0.4, -0.2) is 46.4 Å². The van der Waals surface area contributed by atoms with E-state index in [1.807, 2.05) is 45.0 Å². The van der Waals surface area contributed by atoms with Crippen LogP contribution in [0.5, 0.6) is 0 Å². The number of ether oxygens (including phenoxy) is 2. The van der Waals surface area contributed by atoms with Crippen LogP contribution >= 0.6 is 7.14 Å². The van der Waals surface area contributed by atoms with Crippen LogP contribution in [0.3, 0.4) is 0 Å². The van der Waals surface area contributed by atoms with Crippen LogP contribution < -0.4 is 5.73 Å². The molecular formula is C20H29N4O3P. The number of nitrogens with two attached hydrogens (primary N) is 1. The number of rotatable bonds is 8. The maximum atomic E-state index is 12.1. The number of nitrogens with zero attached hydrogens (tertiary/aromatic N) is 3. The number of hydrogen-bond acceptors (Lipinski definition) is 6. The second-order valence-electron chi connectivity index (χ2n) is 8.07. The van der Waals surface area contributed by atoms with Crippen molar-refractivity contribution in [2.75, 3.05) is 32.0 Å². The van der Waals surface area contributed by atoms with Crippen molar-refractivity contribution in [3.8, 4) is 0 Å². The van der Waals surface area contributed by atoms with Crippen molar-refractivity contribution in [2.45, 2.75) is 39.5 Å². The summed E-state index contributed by atoms with van der Waals surface area (Å²) in [6, 6.07) is 7.88. The van der Waals surface area contributed by atoms with Gasteiger partial charge in [-0.2, -0.15) is 0 Å². The quantitative estimate of drug-likeness (QED) is 0.569. The van der Waals surface area contributed by atoms with Crippen LogP contribution in [-0.2, 0) is 27.2 Å². The van der Waals surface area contributed by atoms with Crippen LogP contribution in [0.15, 0.2) is 24.3 Å². The van der Waals surface area contributed by atoms with Crippen LogP contribution in [0.4, 0.5) is 5.82 Å². The van der Waals surface area contributed by atoms with Crippen molar-refractivity contribution >= 4 is 34.9 Å². The maximum absolute atomic E-state index is 12.1. The van der Waals surface area contributed by atoms with Gasteiger partial charge in [-0.3, -0.25) is 0 Å². The van der Waals surface area contributed by atoms with E-state index in [1.54, 1.807) is 13.3 Å². The first-order chi connectivity index (χ1) is 13.1. The zero-order valence-electron chi connectivity index (χ0n) is 17.2. The zero-order valence-corrected chi connectivity index (χ0v) is 18.1. The third kappa shape index (κ3) is 4.54. The molecule has 0 fully saturated rings. The number of nitrogen functional groups attached to an aromatic ring is 1. The van der Waals surface area contributed by atoms with E-state index in [1.165, 1.54) is 0 Å². The number of benzene rings is 1. The first-order valence-corrected chi connectivity index (χ1v) is 12.2. The monoisotopic (exact) mass is 404 g/mol. The minimum atomic E-state index is -2.28. The van der Waals surface area contributed by atoms with Gasteiger partial charge in [-0.25, -0.2) is 9.97 Å². The lowest BCUT2D eigenvalue weighted by atomic mass is 10.1. The van der Waals surface area contributed by atoms with E-state index in [0.717, 1.165) is 22.2 Å². The molecule has 2 N–H and O–H groups in total. The Bertz CT molecular complexity index is 1040. The Morgan fingerprint density at radius 1 is 1.21 bits per heavy atom. The molecule has 0 aliphatic carbocycles. The maximum Gasteiger partial charge on any atom is 0.152 e. The van der Waals surface area contributed by atoms with E-state index in [2.05, 4.69) is 9.55 Å². The number of aromatic nitrogens is 3. The fourth-order valence-electron chi connectivity index (χ4n) is 3.14. The molecule has 3 rings (SSSR count). The molecule has 0 bridgehead atoms. The average Bonchev–Trinajstić information content (AvgIpc) is 2.97. The van der Waals surface area contributed by atoms with Gasteiger partial charge in [0.25, 0.3) is 0 Å². The van der Waals surface area contributed by atoms with Gasteiger partial charge < -0.3 is 24.3 Å². The molecule has 0 saturated carbocycles. The number of anilines is 1. The van der Waals surface area contributed by atoms with Crippen LogP contribution in [0.25, 0.3) is 21.9 Å². The van der Waals surface area contributed by atoms with Crippen LogP contribution in [0.1, 0.15) is 26.6 Å². The lowest BCUT2D eigenvalue weighted by Crippen LogP contribution is -2.31. The number of para-hydroxylation sites is 1. The van der Waals surface area contributed by atoms with Crippen molar-refractivity contribution in [3.05, 3.63) is 30.1 Å². The third-order valence-corrected chi connectivity index (χ3v) is 5.18. The molecule has 152 valence electrons. The number of pyridine rings is 1. The molecule has 2 heterocycles. The van der Waals surface area contributed by atoms with E-state index in [-0.39, 0.29) is 6.35 Å². The minimum absolute atomic E-state index is 0.234. The highest BCUT2D eigenvalue weighted by molar-refractivity contribution is 7.62. The Morgan fingerprint density at radius 2 is 1.93 bits per heavy atom. The zero-order chi connectivity index (χ0) is 20.5. The average molecular weight is 404 g/mol. The van der Waals surface area contributed by atoms with Crippen molar-refractivity contribution in [3.63, 3.8) is 0 Å². The third-order valence-electron chi connectivity index (χ3n) is 4.43. The first-order valence-electron chi connectivity index (χ1n) is 9.40. The number of hydrogen-bond donors (Lipinski definition) is 1. The molecule has 2 aromatic heterocycles. The Kier molecular flexibility index (Phi) is 5.80. The molecule has 0 aliphatic heterocycles. The summed E-state index contributed by atoms with van der Waals surface area (Å²) in [6.45, 7) is 10.9. The second-order valence-corrected chi connectivity index (χ2v) is 11.5. The van der Waals surface area contributed by atoms with Gasteiger partial charge in [0.15, 0.2) is 5.82 Å². The Hall–Kier alpha value is -1.95. The van der Waals surface area contributed by atoms with E-state index in [4.69, 9.17) is 20.2 Å². The predicted octanol–water partition coefficient (Wildman–Crippen LogP) is 4.08. The van der Waals surface area contributed by atoms with Gasteiger partial charge in [0.05, 0.1) is 29.5 Å². The van der Waals surface area contributed by atoms with E-state index in [9.17, 15) is 4.57 Å². The summed E-state index contributed by atoms with van der Waals surface area (Å²) in [5.74, 6) is 1.17. The molecule has 7 nitrogen and oxygen atoms in total. The second kappa shape index (κ2) is 7.82. The molecule has 8 heteroatoms. The Morgan fingerprint density at radius 3 is 2.61 bits per heavy atom. The van der Waals surface area contributed by atoms with E-state index in [0.29, 0.717) is 31.1 Å². The summed E-state index contributed by atoms with van der Waals surface area (Å²) >= 11 is 0. The molecular weight excluding hydrogens is 375 g/mol. The predicted molar refractivity (Wildman–Crippen MR) is 114 cm³/mol. The highest BCUT2D eigenvalue weighted by Gasteiger charge is 2.26. The number of imidazole rings is 1. The highest BCUT2D eigenvalue weighted by atomic mass is 31.2. The summed E-state index contributed by atoms with van der Waals surface area (Å²) < 4.78 is 25.9. The Balaban J connectivity index is 2.13. The fraction of sp³-hybridized carbons (Fsp3) is 0.500. The van der Waals surface area contributed by atoms with Gasteiger partial charge in [0.1, 0.15) is 25.1 Å². The molecule has 0 atom stereocenters. The standard InChI is InChI=1S/C20H29N4O3P/c1-6-26-11-16-23-17-18(14-9-7-8-10-15(14)22-19(17)21)24(16)12-20(2,3)27-13-28(4,5)25/h7-10H,6,11-13H2,1-5H3,(H2,21,22). The van der Waals surface area contributed by atoms with Crippen LogP contribution in [0.2, 0.25) is 0 Å². The molecule has 0 unspecified atom stereocenters. The molecule has 0 spiro atoms. The summed E-state index contributed by atoms with van der Waals surface area (Å²) in [7, 11) is -2.28. The SMILES string of the molecule is CCOCc1nc2c(N)nc3ccccc3c2n1CC(C)(C)OCP(C)(C)=O. The van der Waals surface area contributed by atoms with Gasteiger partial charge in [-0.1, -0.05) is 18.2 Å². The summed E-state index contributed by atoms with van der Waals surface area (Å²) in [4.78, 5) is 9.23. The largest absolute Gasteiger partial charge is 0.382 e. The molecule has 0 radical (unpaired) electrons. The summed E-state index contributed by atoms with van der Waals surface area (Å²) in [5.41, 5.74) is 8.08. The molecule has 28 heavy (non-hydrogen) atoms. The minimum Gasteiger partial charge on any atom is -0.382 e. The smallest absolute Gasteiger partial charge is 0.152 e. The van der Waals surface area contributed by atoms with Gasteiger partial charge in [-0.15, -0.1) is 0 Å². The molecule has 0 saturated heterocycles. The van der Waals surface area contributed by atoms with Gasteiger partial charge >= 0.3 is 0 Å². The highest BCUT2D eigenvalue weighted by Crippen LogP contribution is 2.38. The van der Waals surface area contributed by atoms with Gasteiger partial charge in [-0.05, 0) is 40.2 Å². The van der Waals surface area contributed by atoms with Crippen molar-refractivity contribution in [1.82, 2.24) is 14.5 Å². The van der Waals surface area contributed by atoms with E-state index < -0.39 is 12.7 Å². The van der Waals surface area contributed by atoms with Gasteiger partial charge in [0.2, 0.25) is 0 Å². The normalized spacial score (nSPS) is 12.9. The lowest BCUT2D eigenvalue weighted by molar-refractivity contribution is -0.00572. The number of fused-ring (bicyclic) bond motifs is 3. The van der Waals surface area contributed by atoms with Crippen molar-refractivity contribution in [1.29, 1.82) is 0 Å². The fourth-order valence-corrected chi connectivity index (χ4v) is 3.80. The first kappa shape index (κ1) is 20.8. The van der Waals surface area contributed by atoms with Crippen LogP contribution in [0, 0.1) is 0 Å². The molecule has 1 aromatic carbocycles. The van der Waals surface area contributed by atoms with Crippen molar-refractivity contribution in [2.24, 2.45) is 0 Å². The summed E-state index contributed by atoms with van der Waals surface area (Å²) in [5, 5.41) is 0.981. The molecule has 0 amide bonds. The summed E-state index contributed by atoms with van der Waals surface area (Å²) in [6.07, 6.45) is 0.234. The van der Waals surface area contributed by atoms with Gasteiger partial charge in [0, 0.05) is 12.0 Å². The Labute approximate surface area is 165 Å². The van der Waals surface area contributed by atoms with E-state index >= 15 is 0 Å². The topological polar surface area (TPSA) is 92.3 Å². The molecule has 0 aliphatic rings. The van der Waals surface area contributed by atoms with Crippen molar-refractivity contribution < 1.29 is 14.0 Å².